The van der Waals surface area contributed by atoms with Crippen molar-refractivity contribution in [1.29, 1.82) is 0 Å². The summed E-state index contributed by atoms with van der Waals surface area (Å²) in [5.41, 5.74) is 1.91. The number of hydrogen-bond acceptors (Lipinski definition) is 4. The van der Waals surface area contributed by atoms with Crippen LogP contribution in [0, 0.1) is 5.92 Å². The summed E-state index contributed by atoms with van der Waals surface area (Å²) in [6.45, 7) is 1.34. The van der Waals surface area contributed by atoms with E-state index < -0.39 is 5.97 Å². The van der Waals surface area contributed by atoms with E-state index in [1.54, 1.807) is 10.7 Å². The minimum atomic E-state index is -0.727. The van der Waals surface area contributed by atoms with Gasteiger partial charge in [0.1, 0.15) is 5.65 Å². The number of carbonyl (C=O) groups is 1. The Morgan fingerprint density at radius 2 is 2.29 bits per heavy atom. The summed E-state index contributed by atoms with van der Waals surface area (Å²) in [5, 5.41) is 13.5. The van der Waals surface area contributed by atoms with Crippen LogP contribution in [0.25, 0.3) is 11.2 Å². The van der Waals surface area contributed by atoms with Gasteiger partial charge in [0.05, 0.1) is 23.8 Å². The molecule has 1 atom stereocenters. The lowest BCUT2D eigenvalue weighted by molar-refractivity contribution is -0.141. The predicted molar refractivity (Wildman–Crippen MR) is 76.5 cm³/mol. The molecule has 0 radical (unpaired) electrons. The smallest absolute Gasteiger partial charge is 0.308 e. The molecule has 21 heavy (non-hydrogen) atoms. The van der Waals surface area contributed by atoms with E-state index >= 15 is 0 Å². The quantitative estimate of drug-likeness (QED) is 0.767. The van der Waals surface area contributed by atoms with E-state index in [4.69, 9.17) is 0 Å². The van der Waals surface area contributed by atoms with Crippen molar-refractivity contribution >= 4 is 23.1 Å². The number of carboxylic acids is 1. The van der Waals surface area contributed by atoms with Crippen LogP contribution in [-0.2, 0) is 4.79 Å². The molecular formula is C14H15N5O2. The maximum atomic E-state index is 11.2. The molecule has 7 nitrogen and oxygen atoms in total. The molecule has 7 heteroatoms. The molecule has 4 heterocycles. The first-order chi connectivity index (χ1) is 10.2. The predicted octanol–water partition coefficient (Wildman–Crippen LogP) is 1.28. The van der Waals surface area contributed by atoms with Crippen LogP contribution in [0.1, 0.15) is 12.8 Å². The van der Waals surface area contributed by atoms with Gasteiger partial charge in [-0.1, -0.05) is 0 Å². The summed E-state index contributed by atoms with van der Waals surface area (Å²) in [4.78, 5) is 17.8. The molecule has 0 aliphatic carbocycles. The highest BCUT2D eigenvalue weighted by Crippen LogP contribution is 2.24. The Kier molecular flexibility index (Phi) is 2.60. The highest BCUT2D eigenvalue weighted by atomic mass is 16.4. The van der Waals surface area contributed by atoms with Crippen molar-refractivity contribution in [3.8, 4) is 0 Å². The fourth-order valence-corrected chi connectivity index (χ4v) is 3.04. The third kappa shape index (κ3) is 1.84. The second-order valence-corrected chi connectivity index (χ2v) is 5.39. The minimum absolute atomic E-state index is 0.323. The average molecular weight is 285 g/mol. The van der Waals surface area contributed by atoms with Crippen molar-refractivity contribution in [1.82, 2.24) is 19.0 Å². The summed E-state index contributed by atoms with van der Waals surface area (Å²) < 4.78 is 3.81. The number of piperidine rings is 1. The number of hydrogen-bond donors (Lipinski definition) is 1. The van der Waals surface area contributed by atoms with Gasteiger partial charge in [-0.25, -0.2) is 9.50 Å². The van der Waals surface area contributed by atoms with E-state index in [2.05, 4.69) is 15.0 Å². The van der Waals surface area contributed by atoms with Crippen molar-refractivity contribution in [2.45, 2.75) is 12.8 Å². The molecule has 108 valence electrons. The number of carboxylic acid groups (broad SMARTS) is 1. The number of rotatable bonds is 2. The molecule has 0 bridgehead atoms. The molecule has 0 aromatic carbocycles. The second-order valence-electron chi connectivity index (χ2n) is 5.39. The monoisotopic (exact) mass is 285 g/mol. The molecule has 0 saturated carbocycles. The van der Waals surface area contributed by atoms with Crippen LogP contribution < -0.4 is 4.90 Å². The van der Waals surface area contributed by atoms with Crippen molar-refractivity contribution in [3.05, 3.63) is 30.7 Å². The summed E-state index contributed by atoms with van der Waals surface area (Å²) in [6, 6.07) is 3.88. The first kappa shape index (κ1) is 12.2. The number of nitrogens with zero attached hydrogens (tertiary/aromatic N) is 5. The molecule has 1 fully saturated rings. The number of aliphatic carboxylic acids is 1. The lowest BCUT2D eigenvalue weighted by Gasteiger charge is -2.31. The molecule has 1 aliphatic rings. The van der Waals surface area contributed by atoms with Gasteiger partial charge in [0, 0.05) is 25.4 Å². The Hall–Kier alpha value is -2.57. The number of aromatic nitrogens is 4. The third-order valence-electron chi connectivity index (χ3n) is 4.09. The topological polar surface area (TPSA) is 75.1 Å². The molecule has 4 rings (SSSR count). The zero-order valence-electron chi connectivity index (χ0n) is 11.4. The van der Waals surface area contributed by atoms with Crippen LogP contribution in [0.2, 0.25) is 0 Å². The summed E-state index contributed by atoms with van der Waals surface area (Å²) in [5.74, 6) is -0.257. The molecule has 0 amide bonds. The van der Waals surface area contributed by atoms with E-state index in [1.807, 2.05) is 28.9 Å². The Morgan fingerprint density at radius 3 is 3.14 bits per heavy atom. The Balaban J connectivity index is 1.82. The molecule has 3 aromatic rings. The van der Waals surface area contributed by atoms with Crippen molar-refractivity contribution in [3.63, 3.8) is 0 Å². The van der Waals surface area contributed by atoms with Gasteiger partial charge >= 0.3 is 5.97 Å². The maximum absolute atomic E-state index is 11.2. The third-order valence-corrected chi connectivity index (χ3v) is 4.09. The molecule has 3 aromatic heterocycles. The number of anilines is 1. The normalized spacial score (nSPS) is 19.4. The molecule has 1 saturated heterocycles. The van der Waals surface area contributed by atoms with E-state index in [1.165, 1.54) is 0 Å². The van der Waals surface area contributed by atoms with Gasteiger partial charge in [0.2, 0.25) is 5.95 Å². The molecule has 0 spiro atoms. The van der Waals surface area contributed by atoms with E-state index in [9.17, 15) is 9.90 Å². The standard InChI is InChI=1S/C14H15N5O2/c20-13(21)10-2-1-6-17(9-10)14-15-8-11-4-7-18-12(19(11)14)3-5-16-18/h3-5,7-8,10H,1-2,6,9H2,(H,20,21). The fraction of sp³-hybridized carbons (Fsp3) is 0.357. The minimum Gasteiger partial charge on any atom is -0.481 e. The Bertz CT molecular complexity index is 821. The highest BCUT2D eigenvalue weighted by Gasteiger charge is 2.27. The van der Waals surface area contributed by atoms with Gasteiger partial charge in [-0.05, 0) is 18.9 Å². The Labute approximate surface area is 120 Å². The second kappa shape index (κ2) is 4.47. The number of fused-ring (bicyclic) bond motifs is 3. The zero-order valence-corrected chi connectivity index (χ0v) is 11.4. The lowest BCUT2D eigenvalue weighted by Crippen LogP contribution is -2.39. The van der Waals surface area contributed by atoms with Crippen molar-refractivity contribution < 1.29 is 9.90 Å². The maximum Gasteiger partial charge on any atom is 0.308 e. The van der Waals surface area contributed by atoms with Gasteiger partial charge in [-0.3, -0.25) is 9.20 Å². The van der Waals surface area contributed by atoms with Gasteiger partial charge in [-0.15, -0.1) is 0 Å². The molecule has 1 N–H and O–H groups in total. The molecule has 1 aliphatic heterocycles. The van der Waals surface area contributed by atoms with Crippen molar-refractivity contribution in [2.75, 3.05) is 18.0 Å². The first-order valence-corrected chi connectivity index (χ1v) is 7.01. The zero-order chi connectivity index (χ0) is 14.4. The molecule has 1 unspecified atom stereocenters. The van der Waals surface area contributed by atoms with Gasteiger partial charge in [0.15, 0.2) is 0 Å². The van der Waals surface area contributed by atoms with Gasteiger partial charge in [0.25, 0.3) is 0 Å². The summed E-state index contributed by atoms with van der Waals surface area (Å²) >= 11 is 0. The first-order valence-electron chi connectivity index (χ1n) is 7.01. The van der Waals surface area contributed by atoms with Crippen LogP contribution in [0.3, 0.4) is 0 Å². The van der Waals surface area contributed by atoms with Crippen LogP contribution in [0.4, 0.5) is 5.95 Å². The van der Waals surface area contributed by atoms with Gasteiger partial charge < -0.3 is 10.0 Å². The van der Waals surface area contributed by atoms with E-state index in [0.717, 1.165) is 36.5 Å². The number of imidazole rings is 1. The van der Waals surface area contributed by atoms with Crippen LogP contribution >= 0.6 is 0 Å². The molecular weight excluding hydrogens is 270 g/mol. The van der Waals surface area contributed by atoms with Crippen molar-refractivity contribution in [2.24, 2.45) is 5.92 Å². The van der Waals surface area contributed by atoms with Crippen LogP contribution in [-0.4, -0.2) is 43.2 Å². The summed E-state index contributed by atoms with van der Waals surface area (Å²) in [7, 11) is 0. The van der Waals surface area contributed by atoms with Gasteiger partial charge in [-0.2, -0.15) is 5.10 Å². The van der Waals surface area contributed by atoms with E-state index in [-0.39, 0.29) is 5.92 Å². The van der Waals surface area contributed by atoms with E-state index in [0.29, 0.717) is 6.54 Å². The lowest BCUT2D eigenvalue weighted by atomic mass is 9.99. The van der Waals surface area contributed by atoms with Crippen LogP contribution in [0.5, 0.6) is 0 Å². The summed E-state index contributed by atoms with van der Waals surface area (Å²) in [6.07, 6.45) is 7.05. The fourth-order valence-electron chi connectivity index (χ4n) is 3.04. The van der Waals surface area contributed by atoms with Crippen LogP contribution in [0.15, 0.2) is 30.7 Å². The average Bonchev–Trinajstić information content (AvgIpc) is 3.13. The highest BCUT2D eigenvalue weighted by molar-refractivity contribution is 5.71. The Morgan fingerprint density at radius 1 is 1.38 bits per heavy atom. The largest absolute Gasteiger partial charge is 0.481 e. The SMILES string of the molecule is O=C(O)C1CCCN(c2ncc3ccn4nccc4n23)C1.